The van der Waals surface area contributed by atoms with E-state index in [9.17, 15) is 0 Å². The Kier molecular flexibility index (Phi) is 4.11. The number of rotatable bonds is 5. The summed E-state index contributed by atoms with van der Waals surface area (Å²) in [7, 11) is 1.89. The molecule has 0 amide bonds. The van der Waals surface area contributed by atoms with E-state index in [0.29, 0.717) is 0 Å². The van der Waals surface area contributed by atoms with Gasteiger partial charge in [0, 0.05) is 37.7 Å². The van der Waals surface area contributed by atoms with Gasteiger partial charge in [-0.05, 0) is 18.3 Å². The molecule has 90 valence electrons. The molecule has 0 aliphatic rings. The van der Waals surface area contributed by atoms with Crippen LogP contribution in [0.5, 0.6) is 0 Å². The van der Waals surface area contributed by atoms with Crippen LogP contribution in [-0.4, -0.2) is 26.3 Å². The van der Waals surface area contributed by atoms with E-state index in [-0.39, 0.29) is 0 Å². The van der Waals surface area contributed by atoms with Gasteiger partial charge in [-0.1, -0.05) is 6.92 Å². The fourth-order valence-corrected chi connectivity index (χ4v) is 2.04. The minimum Gasteiger partial charge on any atom is -0.313 e. The van der Waals surface area contributed by atoms with E-state index < -0.39 is 0 Å². The molecule has 2 heterocycles. The van der Waals surface area contributed by atoms with E-state index in [4.69, 9.17) is 0 Å². The van der Waals surface area contributed by atoms with Crippen molar-refractivity contribution in [2.24, 2.45) is 7.05 Å². The van der Waals surface area contributed by atoms with E-state index in [0.717, 1.165) is 28.7 Å². The maximum atomic E-state index is 4.31. The molecule has 6 heteroatoms. The quantitative estimate of drug-likeness (QED) is 0.813. The van der Waals surface area contributed by atoms with Gasteiger partial charge in [-0.3, -0.25) is 4.68 Å². The third-order valence-corrected chi connectivity index (χ3v) is 2.99. The summed E-state index contributed by atoms with van der Waals surface area (Å²) in [5.41, 5.74) is 1.10. The molecule has 2 aromatic heterocycles. The molecule has 0 fully saturated rings. The normalized spacial score (nSPS) is 10.7. The summed E-state index contributed by atoms with van der Waals surface area (Å²) in [6.07, 6.45) is 7.46. The summed E-state index contributed by atoms with van der Waals surface area (Å²) < 4.78 is 1.77. The van der Waals surface area contributed by atoms with Gasteiger partial charge in [0.25, 0.3) is 0 Å². The second-order valence-electron chi connectivity index (χ2n) is 3.61. The zero-order valence-corrected chi connectivity index (χ0v) is 10.7. The molecule has 0 aliphatic carbocycles. The van der Waals surface area contributed by atoms with Crippen molar-refractivity contribution in [3.63, 3.8) is 0 Å². The highest BCUT2D eigenvalue weighted by atomic mass is 32.2. The molecule has 0 saturated heterocycles. The Morgan fingerprint density at radius 2 is 2.06 bits per heavy atom. The first-order valence-electron chi connectivity index (χ1n) is 5.46. The smallest absolute Gasteiger partial charge is 0.192 e. The Hall–Kier alpha value is -1.40. The van der Waals surface area contributed by atoms with Crippen molar-refractivity contribution >= 4 is 11.8 Å². The Labute approximate surface area is 105 Å². The van der Waals surface area contributed by atoms with Gasteiger partial charge in [-0.2, -0.15) is 5.10 Å². The van der Waals surface area contributed by atoms with Gasteiger partial charge in [0.05, 0.1) is 11.1 Å². The summed E-state index contributed by atoms with van der Waals surface area (Å²) in [5, 5.41) is 8.09. The third kappa shape index (κ3) is 3.54. The number of hydrogen-bond acceptors (Lipinski definition) is 5. The topological polar surface area (TPSA) is 55.6 Å². The number of nitrogens with one attached hydrogen (secondary N) is 1. The zero-order valence-electron chi connectivity index (χ0n) is 9.92. The van der Waals surface area contributed by atoms with Gasteiger partial charge in [-0.15, -0.1) is 0 Å². The SMILES string of the molecule is CCNCc1cnc(Sc2cnn(C)c2)nc1. The largest absolute Gasteiger partial charge is 0.313 e. The van der Waals surface area contributed by atoms with Crippen LogP contribution in [0.15, 0.2) is 34.8 Å². The van der Waals surface area contributed by atoms with Crippen molar-refractivity contribution in [3.8, 4) is 0 Å². The minimum atomic E-state index is 0.748. The molecule has 0 atom stereocenters. The molecular formula is C11H15N5S. The van der Waals surface area contributed by atoms with Crippen LogP contribution in [0.25, 0.3) is 0 Å². The summed E-state index contributed by atoms with van der Waals surface area (Å²) in [6, 6.07) is 0. The highest BCUT2D eigenvalue weighted by Crippen LogP contribution is 2.22. The van der Waals surface area contributed by atoms with Crippen LogP contribution in [0.2, 0.25) is 0 Å². The number of nitrogens with zero attached hydrogens (tertiary/aromatic N) is 4. The molecule has 2 aromatic rings. The summed E-state index contributed by atoms with van der Waals surface area (Å²) in [6.45, 7) is 3.84. The van der Waals surface area contributed by atoms with Gasteiger partial charge in [-0.25, -0.2) is 9.97 Å². The first-order chi connectivity index (χ1) is 8.28. The maximum absolute atomic E-state index is 4.31. The predicted molar refractivity (Wildman–Crippen MR) is 66.7 cm³/mol. The molecule has 0 saturated carbocycles. The molecule has 0 bridgehead atoms. The first kappa shape index (κ1) is 12.1. The third-order valence-electron chi connectivity index (χ3n) is 2.15. The number of aryl methyl sites for hydroxylation is 1. The molecule has 0 aliphatic heterocycles. The van der Waals surface area contributed by atoms with Gasteiger partial charge in [0.2, 0.25) is 0 Å². The van der Waals surface area contributed by atoms with Crippen LogP contribution >= 0.6 is 11.8 Å². The average Bonchev–Trinajstić information content (AvgIpc) is 2.74. The molecule has 2 rings (SSSR count). The standard InChI is InChI=1S/C11H15N5S/c1-3-12-4-9-5-13-11(14-6-9)17-10-7-15-16(2)8-10/h5-8,12H,3-4H2,1-2H3. The Balaban J connectivity index is 1.98. The van der Waals surface area contributed by atoms with Gasteiger partial charge < -0.3 is 5.32 Å². The lowest BCUT2D eigenvalue weighted by molar-refractivity contribution is 0.716. The maximum Gasteiger partial charge on any atom is 0.192 e. The lowest BCUT2D eigenvalue weighted by atomic mass is 10.3. The molecule has 1 N–H and O–H groups in total. The number of aromatic nitrogens is 4. The Morgan fingerprint density at radius 1 is 1.29 bits per heavy atom. The van der Waals surface area contributed by atoms with Crippen molar-refractivity contribution in [2.45, 2.75) is 23.5 Å². The van der Waals surface area contributed by atoms with Crippen molar-refractivity contribution in [3.05, 3.63) is 30.4 Å². The zero-order chi connectivity index (χ0) is 12.1. The van der Waals surface area contributed by atoms with Crippen LogP contribution in [0, 0.1) is 0 Å². The molecule has 0 unspecified atom stereocenters. The monoisotopic (exact) mass is 249 g/mol. The van der Waals surface area contributed by atoms with Gasteiger partial charge >= 0.3 is 0 Å². The second-order valence-corrected chi connectivity index (χ2v) is 4.65. The lowest BCUT2D eigenvalue weighted by Gasteiger charge is -2.01. The summed E-state index contributed by atoms with van der Waals surface area (Å²) in [5.74, 6) is 0. The van der Waals surface area contributed by atoms with E-state index in [2.05, 4.69) is 27.3 Å². The van der Waals surface area contributed by atoms with Crippen LogP contribution in [0.1, 0.15) is 12.5 Å². The molecule has 5 nitrogen and oxygen atoms in total. The van der Waals surface area contributed by atoms with E-state index in [1.54, 1.807) is 10.9 Å². The van der Waals surface area contributed by atoms with E-state index in [1.807, 2.05) is 25.6 Å². The molecular weight excluding hydrogens is 234 g/mol. The minimum absolute atomic E-state index is 0.748. The van der Waals surface area contributed by atoms with Crippen molar-refractivity contribution < 1.29 is 0 Å². The van der Waals surface area contributed by atoms with E-state index >= 15 is 0 Å². The second kappa shape index (κ2) is 5.79. The fraction of sp³-hybridized carbons (Fsp3) is 0.364. The lowest BCUT2D eigenvalue weighted by Crippen LogP contribution is -2.12. The molecule has 17 heavy (non-hydrogen) atoms. The van der Waals surface area contributed by atoms with Crippen molar-refractivity contribution in [1.29, 1.82) is 0 Å². The average molecular weight is 249 g/mol. The Morgan fingerprint density at radius 3 is 2.65 bits per heavy atom. The van der Waals surface area contributed by atoms with Crippen LogP contribution in [0.3, 0.4) is 0 Å². The molecule has 0 spiro atoms. The van der Waals surface area contributed by atoms with Crippen LogP contribution in [-0.2, 0) is 13.6 Å². The summed E-state index contributed by atoms with van der Waals surface area (Å²) in [4.78, 5) is 9.67. The predicted octanol–water partition coefficient (Wildman–Crippen LogP) is 1.47. The van der Waals surface area contributed by atoms with Crippen molar-refractivity contribution in [1.82, 2.24) is 25.1 Å². The molecule has 0 aromatic carbocycles. The summed E-state index contributed by atoms with van der Waals surface area (Å²) >= 11 is 1.52. The number of hydrogen-bond donors (Lipinski definition) is 1. The molecule has 0 radical (unpaired) electrons. The van der Waals surface area contributed by atoms with E-state index in [1.165, 1.54) is 11.8 Å². The van der Waals surface area contributed by atoms with Crippen LogP contribution in [0.4, 0.5) is 0 Å². The van der Waals surface area contributed by atoms with Crippen molar-refractivity contribution in [2.75, 3.05) is 6.54 Å². The highest BCUT2D eigenvalue weighted by Gasteiger charge is 2.02. The highest BCUT2D eigenvalue weighted by molar-refractivity contribution is 7.99. The first-order valence-corrected chi connectivity index (χ1v) is 6.27. The van der Waals surface area contributed by atoms with Crippen LogP contribution < -0.4 is 5.32 Å². The Bertz CT molecular complexity index is 465. The fourth-order valence-electron chi connectivity index (χ4n) is 1.31. The van der Waals surface area contributed by atoms with Gasteiger partial charge in [0.15, 0.2) is 5.16 Å². The van der Waals surface area contributed by atoms with Gasteiger partial charge in [0.1, 0.15) is 0 Å².